The van der Waals surface area contributed by atoms with Crippen LogP contribution in [-0.2, 0) is 0 Å². The largest absolute Gasteiger partial charge is 0.423 e. The third-order valence-electron chi connectivity index (χ3n) is 3.84. The van der Waals surface area contributed by atoms with Crippen LogP contribution in [0.15, 0.2) is 72.8 Å². The summed E-state index contributed by atoms with van der Waals surface area (Å²) in [6.07, 6.45) is 2.90. The van der Waals surface area contributed by atoms with Crippen LogP contribution in [0.3, 0.4) is 0 Å². The van der Waals surface area contributed by atoms with Crippen molar-refractivity contribution in [1.29, 1.82) is 0 Å². The van der Waals surface area contributed by atoms with E-state index >= 15 is 0 Å². The quantitative estimate of drug-likeness (QED) is 0.214. The second-order valence-electron chi connectivity index (χ2n) is 5.73. The molecule has 0 radical (unpaired) electrons. The first-order valence-electron chi connectivity index (χ1n) is 8.19. The van der Waals surface area contributed by atoms with Gasteiger partial charge in [-0.25, -0.2) is 9.18 Å². The van der Waals surface area contributed by atoms with Gasteiger partial charge < -0.3 is 4.74 Å². The maximum atomic E-state index is 13.6. The molecule has 3 rings (SSSR count). The molecule has 0 amide bonds. The Morgan fingerprint density at radius 2 is 1.50 bits per heavy atom. The molecule has 0 aliphatic heterocycles. The van der Waals surface area contributed by atoms with Crippen molar-refractivity contribution in [1.82, 2.24) is 0 Å². The molecule has 0 unspecified atom stereocenters. The molecule has 0 fully saturated rings. The standard InChI is InChI=1S/C22H13Cl2FO3/c23-18-5-3-6-19(24)16(18)12-13-21(26)14-8-10-15(11-9-14)28-22(27)17-4-1-2-7-20(17)25/h1-13H. The molecule has 0 bridgehead atoms. The van der Waals surface area contributed by atoms with Crippen molar-refractivity contribution in [2.24, 2.45) is 0 Å². The molecular formula is C22H13Cl2FO3. The van der Waals surface area contributed by atoms with Crippen molar-refractivity contribution in [3.05, 3.63) is 105 Å². The third kappa shape index (κ3) is 4.66. The van der Waals surface area contributed by atoms with Crippen molar-refractivity contribution < 1.29 is 18.7 Å². The fourth-order valence-corrected chi connectivity index (χ4v) is 2.92. The van der Waals surface area contributed by atoms with Crippen LogP contribution in [-0.4, -0.2) is 11.8 Å². The van der Waals surface area contributed by atoms with Gasteiger partial charge in [-0.2, -0.15) is 0 Å². The minimum Gasteiger partial charge on any atom is -0.423 e. The zero-order valence-corrected chi connectivity index (χ0v) is 15.9. The van der Waals surface area contributed by atoms with E-state index in [2.05, 4.69) is 0 Å². The van der Waals surface area contributed by atoms with Gasteiger partial charge in [-0.15, -0.1) is 0 Å². The Bertz CT molecular complexity index is 1040. The molecule has 0 N–H and O–H groups in total. The Hall–Kier alpha value is -2.95. The molecule has 3 aromatic rings. The molecule has 0 saturated heterocycles. The fourth-order valence-electron chi connectivity index (χ4n) is 2.40. The van der Waals surface area contributed by atoms with E-state index in [0.717, 1.165) is 0 Å². The van der Waals surface area contributed by atoms with Gasteiger partial charge in [-0.05, 0) is 60.7 Å². The van der Waals surface area contributed by atoms with E-state index in [1.54, 1.807) is 30.3 Å². The Kier molecular flexibility index (Phi) is 6.24. The number of hydrogen-bond donors (Lipinski definition) is 0. The van der Waals surface area contributed by atoms with E-state index < -0.39 is 11.8 Å². The van der Waals surface area contributed by atoms with Crippen molar-refractivity contribution >= 4 is 41.0 Å². The van der Waals surface area contributed by atoms with Gasteiger partial charge in [0, 0.05) is 21.2 Å². The van der Waals surface area contributed by atoms with E-state index in [-0.39, 0.29) is 17.1 Å². The molecule has 0 aliphatic rings. The summed E-state index contributed by atoms with van der Waals surface area (Å²) >= 11 is 12.1. The summed E-state index contributed by atoms with van der Waals surface area (Å²) in [7, 11) is 0. The van der Waals surface area contributed by atoms with Gasteiger partial charge in [0.15, 0.2) is 5.78 Å². The Morgan fingerprint density at radius 3 is 2.14 bits per heavy atom. The maximum absolute atomic E-state index is 13.6. The lowest BCUT2D eigenvalue weighted by Crippen LogP contribution is -2.10. The van der Waals surface area contributed by atoms with Crippen LogP contribution in [0.1, 0.15) is 26.3 Å². The second kappa shape index (κ2) is 8.83. The summed E-state index contributed by atoms with van der Waals surface area (Å²) in [5, 5.41) is 0.874. The predicted octanol–water partition coefficient (Wildman–Crippen LogP) is 6.25. The highest BCUT2D eigenvalue weighted by Crippen LogP contribution is 2.25. The van der Waals surface area contributed by atoms with Crippen LogP contribution < -0.4 is 4.74 Å². The predicted molar refractivity (Wildman–Crippen MR) is 108 cm³/mol. The van der Waals surface area contributed by atoms with Gasteiger partial charge in [0.05, 0.1) is 5.56 Å². The number of esters is 1. The van der Waals surface area contributed by atoms with Gasteiger partial charge in [-0.3, -0.25) is 4.79 Å². The van der Waals surface area contributed by atoms with Gasteiger partial charge >= 0.3 is 5.97 Å². The Balaban J connectivity index is 1.70. The highest BCUT2D eigenvalue weighted by Gasteiger charge is 2.13. The zero-order chi connectivity index (χ0) is 20.1. The number of ether oxygens (including phenoxy) is 1. The lowest BCUT2D eigenvalue weighted by atomic mass is 10.1. The van der Waals surface area contributed by atoms with Crippen molar-refractivity contribution in [2.75, 3.05) is 0 Å². The number of ketones is 1. The van der Waals surface area contributed by atoms with Gasteiger partial charge in [0.1, 0.15) is 11.6 Å². The summed E-state index contributed by atoms with van der Waals surface area (Å²) in [5.41, 5.74) is 0.766. The minimum atomic E-state index is -0.814. The summed E-state index contributed by atoms with van der Waals surface area (Å²) < 4.78 is 18.8. The molecule has 0 aromatic heterocycles. The summed E-state index contributed by atoms with van der Waals surface area (Å²) in [5.74, 6) is -1.56. The normalized spacial score (nSPS) is 10.8. The maximum Gasteiger partial charge on any atom is 0.346 e. The van der Waals surface area contributed by atoms with Crippen LogP contribution in [0.4, 0.5) is 4.39 Å². The number of hydrogen-bond acceptors (Lipinski definition) is 3. The number of rotatable bonds is 5. The average Bonchev–Trinajstić information content (AvgIpc) is 2.68. The molecule has 140 valence electrons. The SMILES string of the molecule is O=C(C=Cc1c(Cl)cccc1Cl)c1ccc(OC(=O)c2ccccc2F)cc1. The molecule has 0 saturated carbocycles. The number of carbonyl (C=O) groups is 2. The topological polar surface area (TPSA) is 43.4 Å². The van der Waals surface area contributed by atoms with E-state index in [1.807, 2.05) is 0 Å². The van der Waals surface area contributed by atoms with E-state index in [0.29, 0.717) is 21.2 Å². The van der Waals surface area contributed by atoms with Crippen molar-refractivity contribution in [2.45, 2.75) is 0 Å². The minimum absolute atomic E-state index is 0.165. The molecule has 0 heterocycles. The first kappa shape index (κ1) is 19.8. The number of allylic oxidation sites excluding steroid dienone is 1. The molecule has 0 spiro atoms. The van der Waals surface area contributed by atoms with Crippen molar-refractivity contribution in [3.8, 4) is 5.75 Å². The highest BCUT2D eigenvalue weighted by atomic mass is 35.5. The highest BCUT2D eigenvalue weighted by molar-refractivity contribution is 6.37. The van der Waals surface area contributed by atoms with Gasteiger partial charge in [0.25, 0.3) is 0 Å². The molecule has 0 atom stereocenters. The van der Waals surface area contributed by atoms with Crippen LogP contribution in [0.2, 0.25) is 10.0 Å². The Labute approximate surface area is 171 Å². The zero-order valence-electron chi connectivity index (χ0n) is 14.4. The van der Waals surface area contributed by atoms with Gasteiger partial charge in [-0.1, -0.05) is 41.4 Å². The number of halogens is 3. The van der Waals surface area contributed by atoms with E-state index in [4.69, 9.17) is 27.9 Å². The molecule has 28 heavy (non-hydrogen) atoms. The number of benzene rings is 3. The summed E-state index contributed by atoms with van der Waals surface area (Å²) in [4.78, 5) is 24.3. The first-order valence-corrected chi connectivity index (χ1v) is 8.94. The van der Waals surface area contributed by atoms with Crippen LogP contribution in [0.5, 0.6) is 5.75 Å². The number of carbonyl (C=O) groups excluding carboxylic acids is 2. The molecule has 0 aliphatic carbocycles. The summed E-state index contributed by atoms with van der Waals surface area (Å²) in [6, 6.07) is 16.5. The van der Waals surface area contributed by atoms with E-state index in [1.165, 1.54) is 48.5 Å². The van der Waals surface area contributed by atoms with Crippen LogP contribution >= 0.6 is 23.2 Å². The van der Waals surface area contributed by atoms with E-state index in [9.17, 15) is 14.0 Å². The Morgan fingerprint density at radius 1 is 0.857 bits per heavy atom. The molecule has 6 heteroatoms. The monoisotopic (exact) mass is 414 g/mol. The van der Waals surface area contributed by atoms with Crippen LogP contribution in [0, 0.1) is 5.82 Å². The third-order valence-corrected chi connectivity index (χ3v) is 4.50. The van der Waals surface area contributed by atoms with Crippen molar-refractivity contribution in [3.63, 3.8) is 0 Å². The molecular weight excluding hydrogens is 402 g/mol. The second-order valence-corrected chi connectivity index (χ2v) is 6.54. The lowest BCUT2D eigenvalue weighted by molar-refractivity contribution is 0.0730. The van der Waals surface area contributed by atoms with Gasteiger partial charge in [0.2, 0.25) is 0 Å². The lowest BCUT2D eigenvalue weighted by Gasteiger charge is -2.05. The average molecular weight is 415 g/mol. The first-order chi connectivity index (χ1) is 13.5. The molecule has 3 aromatic carbocycles. The fraction of sp³-hybridized carbons (Fsp3) is 0. The molecule has 3 nitrogen and oxygen atoms in total. The summed E-state index contributed by atoms with van der Waals surface area (Å²) in [6.45, 7) is 0. The van der Waals surface area contributed by atoms with Crippen LogP contribution in [0.25, 0.3) is 6.08 Å². The smallest absolute Gasteiger partial charge is 0.346 e.